The van der Waals surface area contributed by atoms with Gasteiger partial charge in [-0.25, -0.2) is 0 Å². The SMILES string of the molecule is Cc1noc(C)c1CN(C)Cc1cccc(OC[C@H](O)CN2CCOCC2)c1. The molecular weight excluding hydrogens is 358 g/mol. The Kier molecular flexibility index (Phi) is 7.44. The van der Waals surface area contributed by atoms with Crippen LogP contribution in [0.15, 0.2) is 28.8 Å². The molecule has 0 saturated carbocycles. The highest BCUT2D eigenvalue weighted by Gasteiger charge is 2.16. The van der Waals surface area contributed by atoms with Gasteiger partial charge >= 0.3 is 0 Å². The number of aliphatic hydroxyl groups is 1. The second-order valence-corrected chi connectivity index (χ2v) is 7.50. The lowest BCUT2D eigenvalue weighted by atomic mass is 10.1. The van der Waals surface area contributed by atoms with Crippen LogP contribution in [0.1, 0.15) is 22.6 Å². The van der Waals surface area contributed by atoms with E-state index in [1.807, 2.05) is 32.0 Å². The van der Waals surface area contributed by atoms with E-state index in [1.165, 1.54) is 0 Å². The summed E-state index contributed by atoms with van der Waals surface area (Å²) in [4.78, 5) is 4.43. The topological polar surface area (TPSA) is 71.2 Å². The van der Waals surface area contributed by atoms with Crippen LogP contribution in [-0.2, 0) is 17.8 Å². The number of aromatic nitrogens is 1. The molecule has 0 spiro atoms. The zero-order valence-electron chi connectivity index (χ0n) is 17.1. The van der Waals surface area contributed by atoms with Crippen molar-refractivity contribution in [1.29, 1.82) is 0 Å². The van der Waals surface area contributed by atoms with E-state index >= 15 is 0 Å². The Hall–Kier alpha value is -1.93. The first-order chi connectivity index (χ1) is 13.5. The van der Waals surface area contributed by atoms with Crippen molar-refractivity contribution in [3.63, 3.8) is 0 Å². The second kappa shape index (κ2) is 10.0. The Labute approximate surface area is 166 Å². The minimum atomic E-state index is -0.510. The van der Waals surface area contributed by atoms with Crippen molar-refractivity contribution >= 4 is 0 Å². The number of ether oxygens (including phenoxy) is 2. The molecule has 0 bridgehead atoms. The number of hydrogen-bond donors (Lipinski definition) is 1. The van der Waals surface area contributed by atoms with Gasteiger partial charge in [0.15, 0.2) is 0 Å². The Morgan fingerprint density at radius 1 is 1.25 bits per heavy atom. The maximum Gasteiger partial charge on any atom is 0.138 e. The van der Waals surface area contributed by atoms with Crippen LogP contribution in [0, 0.1) is 13.8 Å². The van der Waals surface area contributed by atoms with Crippen molar-refractivity contribution in [2.24, 2.45) is 0 Å². The van der Waals surface area contributed by atoms with Crippen LogP contribution in [0.4, 0.5) is 0 Å². The molecule has 1 aromatic heterocycles. The van der Waals surface area contributed by atoms with Crippen molar-refractivity contribution in [2.75, 3.05) is 46.5 Å². The zero-order valence-corrected chi connectivity index (χ0v) is 17.1. The minimum absolute atomic E-state index is 0.287. The van der Waals surface area contributed by atoms with Gasteiger partial charge in [0.2, 0.25) is 0 Å². The van der Waals surface area contributed by atoms with Gasteiger partial charge in [-0.05, 0) is 38.6 Å². The number of β-amino-alcohol motifs (C(OH)–C–C–N with tert-alkyl or cyclic N) is 1. The third kappa shape index (κ3) is 6.04. The van der Waals surface area contributed by atoms with Gasteiger partial charge in [0.25, 0.3) is 0 Å². The van der Waals surface area contributed by atoms with Crippen LogP contribution in [-0.4, -0.2) is 72.7 Å². The molecule has 1 aromatic carbocycles. The minimum Gasteiger partial charge on any atom is -0.491 e. The fourth-order valence-corrected chi connectivity index (χ4v) is 3.43. The molecule has 7 nitrogen and oxygen atoms in total. The normalized spacial score (nSPS) is 16.5. The summed E-state index contributed by atoms with van der Waals surface area (Å²) in [6.45, 7) is 9.58. The zero-order chi connectivity index (χ0) is 19.9. The molecule has 7 heteroatoms. The van der Waals surface area contributed by atoms with Gasteiger partial charge in [0.05, 0.1) is 18.9 Å². The molecule has 0 unspecified atom stereocenters. The van der Waals surface area contributed by atoms with Gasteiger partial charge in [-0.3, -0.25) is 9.80 Å². The second-order valence-electron chi connectivity index (χ2n) is 7.50. The highest BCUT2D eigenvalue weighted by Crippen LogP contribution is 2.18. The van der Waals surface area contributed by atoms with Crippen LogP contribution in [0.25, 0.3) is 0 Å². The summed E-state index contributed by atoms with van der Waals surface area (Å²) in [5.74, 6) is 1.65. The van der Waals surface area contributed by atoms with Crippen molar-refractivity contribution < 1.29 is 19.1 Å². The molecular formula is C21H31N3O4. The number of nitrogens with zero attached hydrogens (tertiary/aromatic N) is 3. The highest BCUT2D eigenvalue weighted by molar-refractivity contribution is 5.29. The Balaban J connectivity index is 1.47. The Morgan fingerprint density at radius 3 is 2.75 bits per heavy atom. The summed E-state index contributed by atoms with van der Waals surface area (Å²) in [5.41, 5.74) is 3.24. The van der Waals surface area contributed by atoms with E-state index in [0.29, 0.717) is 6.54 Å². The number of rotatable bonds is 9. The maximum absolute atomic E-state index is 10.2. The fourth-order valence-electron chi connectivity index (χ4n) is 3.43. The highest BCUT2D eigenvalue weighted by atomic mass is 16.5. The first kappa shape index (κ1) is 20.8. The van der Waals surface area contributed by atoms with Crippen LogP contribution >= 0.6 is 0 Å². The molecule has 1 fully saturated rings. The van der Waals surface area contributed by atoms with Gasteiger partial charge in [-0.15, -0.1) is 0 Å². The van der Waals surface area contributed by atoms with E-state index in [1.54, 1.807) is 0 Å². The lowest BCUT2D eigenvalue weighted by molar-refractivity contribution is 0.00464. The number of hydrogen-bond acceptors (Lipinski definition) is 7. The molecule has 154 valence electrons. The van der Waals surface area contributed by atoms with E-state index in [0.717, 1.165) is 67.7 Å². The third-order valence-corrected chi connectivity index (χ3v) is 4.98. The van der Waals surface area contributed by atoms with Gasteiger partial charge in [-0.2, -0.15) is 0 Å². The molecule has 1 saturated heterocycles. The molecule has 1 atom stereocenters. The summed E-state index contributed by atoms with van der Waals surface area (Å²) in [6.07, 6.45) is -0.510. The van der Waals surface area contributed by atoms with Crippen molar-refractivity contribution in [2.45, 2.75) is 33.0 Å². The molecule has 0 radical (unpaired) electrons. The molecule has 3 rings (SSSR count). The summed E-state index contributed by atoms with van der Waals surface area (Å²) < 4.78 is 16.4. The molecule has 1 aliphatic heterocycles. The maximum atomic E-state index is 10.2. The molecule has 28 heavy (non-hydrogen) atoms. The van der Waals surface area contributed by atoms with E-state index in [-0.39, 0.29) is 6.61 Å². The summed E-state index contributed by atoms with van der Waals surface area (Å²) >= 11 is 0. The average molecular weight is 389 g/mol. The van der Waals surface area contributed by atoms with Crippen LogP contribution in [0.3, 0.4) is 0 Å². The first-order valence-corrected chi connectivity index (χ1v) is 9.81. The predicted molar refractivity (Wildman–Crippen MR) is 106 cm³/mol. The largest absolute Gasteiger partial charge is 0.491 e. The van der Waals surface area contributed by atoms with Crippen molar-refractivity contribution in [1.82, 2.24) is 15.0 Å². The van der Waals surface area contributed by atoms with E-state index in [2.05, 4.69) is 28.1 Å². The van der Waals surface area contributed by atoms with E-state index in [9.17, 15) is 5.11 Å². The fraction of sp³-hybridized carbons (Fsp3) is 0.571. The molecule has 1 N–H and O–H groups in total. The summed E-state index contributed by atoms with van der Waals surface area (Å²) in [5, 5.41) is 14.3. The van der Waals surface area contributed by atoms with Crippen molar-refractivity contribution in [3.05, 3.63) is 46.8 Å². The Morgan fingerprint density at radius 2 is 2.04 bits per heavy atom. The Bertz CT molecular complexity index is 724. The molecule has 2 aromatic rings. The molecule has 1 aliphatic rings. The van der Waals surface area contributed by atoms with Crippen molar-refractivity contribution in [3.8, 4) is 5.75 Å². The lowest BCUT2D eigenvalue weighted by Gasteiger charge is -2.28. The standard InChI is InChI=1S/C21H31N3O4/c1-16-21(17(2)28-22-16)14-23(3)12-18-5-4-6-20(11-18)27-15-19(25)13-24-7-9-26-10-8-24/h4-6,11,19,25H,7-10,12-15H2,1-3H3/t19-/m1/s1. The third-order valence-electron chi connectivity index (χ3n) is 4.98. The number of morpholine rings is 1. The number of aliphatic hydroxyl groups excluding tert-OH is 1. The molecule has 0 aliphatic carbocycles. The van der Waals surface area contributed by atoms with Gasteiger partial charge in [0, 0.05) is 38.3 Å². The van der Waals surface area contributed by atoms with Crippen LogP contribution < -0.4 is 4.74 Å². The lowest BCUT2D eigenvalue weighted by Crippen LogP contribution is -2.42. The number of benzene rings is 1. The van der Waals surface area contributed by atoms with Crippen LogP contribution in [0.5, 0.6) is 5.75 Å². The molecule has 0 amide bonds. The smallest absolute Gasteiger partial charge is 0.138 e. The summed E-state index contributed by atoms with van der Waals surface area (Å²) in [7, 11) is 2.07. The van der Waals surface area contributed by atoms with E-state index < -0.39 is 6.10 Å². The van der Waals surface area contributed by atoms with Gasteiger partial charge in [-0.1, -0.05) is 17.3 Å². The van der Waals surface area contributed by atoms with Crippen LogP contribution in [0.2, 0.25) is 0 Å². The summed E-state index contributed by atoms with van der Waals surface area (Å²) in [6, 6.07) is 8.04. The predicted octanol–water partition coefficient (Wildman–Crippen LogP) is 2.00. The van der Waals surface area contributed by atoms with Gasteiger partial charge < -0.3 is 19.1 Å². The average Bonchev–Trinajstić information content (AvgIpc) is 2.99. The van der Waals surface area contributed by atoms with E-state index in [4.69, 9.17) is 14.0 Å². The van der Waals surface area contributed by atoms with Gasteiger partial charge in [0.1, 0.15) is 24.2 Å². The number of aryl methyl sites for hydroxylation is 2. The first-order valence-electron chi connectivity index (χ1n) is 9.81. The monoisotopic (exact) mass is 389 g/mol. The quantitative estimate of drug-likeness (QED) is 0.703. The molecule has 2 heterocycles.